The van der Waals surface area contributed by atoms with E-state index in [0.717, 1.165) is 60.7 Å². The molecule has 8 nitrogen and oxygen atoms in total. The summed E-state index contributed by atoms with van der Waals surface area (Å²) in [4.78, 5) is 27.0. The first-order valence-corrected chi connectivity index (χ1v) is 13.7. The van der Waals surface area contributed by atoms with E-state index in [9.17, 15) is 9.59 Å². The number of amides is 1. The summed E-state index contributed by atoms with van der Waals surface area (Å²) in [5.74, 6) is 1.86. The molecule has 0 aliphatic carbocycles. The number of hydrazone groups is 1. The van der Waals surface area contributed by atoms with Gasteiger partial charge in [0.1, 0.15) is 11.5 Å². The van der Waals surface area contributed by atoms with Crippen molar-refractivity contribution in [1.29, 1.82) is 0 Å². The molecule has 5 rings (SSSR count). The zero-order valence-electron chi connectivity index (χ0n) is 22.2. The van der Waals surface area contributed by atoms with Crippen LogP contribution in [0.15, 0.2) is 64.5 Å². The minimum absolute atomic E-state index is 0.0972. The molecule has 1 amide bonds. The standard InChI is InChI=1S/C30H33ClN4O4/c1-3-38-28-10-7-21(14-32-33-29(36)19-39-25-8-9-26(31)20(2)11-25)12-24(28)18-34-15-22-13-23(17-34)27-5-4-6-30(37)35(27)16-22/h4-12,14,22-23H,3,13,15-19H2,1-2H3,(H,33,36)/b32-14-/t22-,23+/m1/s1. The molecule has 1 saturated heterocycles. The lowest BCUT2D eigenvalue weighted by molar-refractivity contribution is -0.123. The van der Waals surface area contributed by atoms with Gasteiger partial charge in [0, 0.05) is 54.4 Å². The minimum Gasteiger partial charge on any atom is -0.494 e. The number of halogens is 1. The molecule has 1 fully saturated rings. The maximum absolute atomic E-state index is 12.4. The zero-order valence-corrected chi connectivity index (χ0v) is 23.0. The molecule has 2 aliphatic heterocycles. The number of likely N-dealkylation sites (tertiary alicyclic amines) is 1. The van der Waals surface area contributed by atoms with Gasteiger partial charge in [-0.15, -0.1) is 0 Å². The predicted molar refractivity (Wildman–Crippen MR) is 152 cm³/mol. The summed E-state index contributed by atoms with van der Waals surface area (Å²) in [5, 5.41) is 4.77. The average molecular weight is 549 g/mol. The lowest BCUT2D eigenvalue weighted by Crippen LogP contribution is -2.46. The van der Waals surface area contributed by atoms with Crippen molar-refractivity contribution in [3.63, 3.8) is 0 Å². The van der Waals surface area contributed by atoms with Gasteiger partial charge < -0.3 is 14.0 Å². The zero-order chi connectivity index (χ0) is 27.4. The molecule has 9 heteroatoms. The number of carbonyl (C=O) groups is 1. The van der Waals surface area contributed by atoms with Crippen molar-refractivity contribution >= 4 is 23.7 Å². The molecule has 39 heavy (non-hydrogen) atoms. The second-order valence-corrected chi connectivity index (χ2v) is 10.6. The number of benzene rings is 2. The first-order chi connectivity index (χ1) is 18.9. The first kappa shape index (κ1) is 27.0. The van der Waals surface area contributed by atoms with Crippen LogP contribution in [0.5, 0.6) is 11.5 Å². The van der Waals surface area contributed by atoms with Gasteiger partial charge in [-0.25, -0.2) is 5.43 Å². The highest BCUT2D eigenvalue weighted by atomic mass is 35.5. The molecule has 2 atom stereocenters. The summed E-state index contributed by atoms with van der Waals surface area (Å²) in [6.45, 7) is 7.61. The number of nitrogens with one attached hydrogen (secondary N) is 1. The van der Waals surface area contributed by atoms with Gasteiger partial charge in [-0.3, -0.25) is 14.5 Å². The fourth-order valence-corrected chi connectivity index (χ4v) is 5.65. The van der Waals surface area contributed by atoms with Gasteiger partial charge in [-0.05, 0) is 79.8 Å². The van der Waals surface area contributed by atoms with E-state index in [1.54, 1.807) is 30.5 Å². The molecule has 2 aromatic carbocycles. The summed E-state index contributed by atoms with van der Waals surface area (Å²) in [5.41, 5.74) is 6.56. The van der Waals surface area contributed by atoms with E-state index < -0.39 is 0 Å². The van der Waals surface area contributed by atoms with E-state index in [1.807, 2.05) is 36.6 Å². The maximum atomic E-state index is 12.4. The Kier molecular flexibility index (Phi) is 8.33. The molecular formula is C30H33ClN4O4. The van der Waals surface area contributed by atoms with Gasteiger partial charge in [0.15, 0.2) is 6.61 Å². The van der Waals surface area contributed by atoms with Gasteiger partial charge in [0.2, 0.25) is 0 Å². The topological polar surface area (TPSA) is 85.2 Å². The number of hydrogen-bond donors (Lipinski definition) is 1. The predicted octanol–water partition coefficient (Wildman–Crippen LogP) is 4.36. The van der Waals surface area contributed by atoms with Gasteiger partial charge in [0.25, 0.3) is 11.5 Å². The Hall–Kier alpha value is -3.62. The third-order valence-electron chi connectivity index (χ3n) is 7.24. The minimum atomic E-state index is -0.357. The molecule has 0 unspecified atom stereocenters. The Bertz CT molecular complexity index is 1440. The van der Waals surface area contributed by atoms with Crippen LogP contribution in [-0.4, -0.2) is 47.9 Å². The number of nitrogens with zero attached hydrogens (tertiary/aromatic N) is 3. The molecule has 3 aromatic rings. The molecule has 2 aliphatic rings. The van der Waals surface area contributed by atoms with Crippen LogP contribution in [0.4, 0.5) is 0 Å². The molecule has 204 valence electrons. The lowest BCUT2D eigenvalue weighted by Gasteiger charge is -2.43. The van der Waals surface area contributed by atoms with Crippen LogP contribution < -0.4 is 20.5 Å². The van der Waals surface area contributed by atoms with Gasteiger partial charge in [-0.1, -0.05) is 17.7 Å². The van der Waals surface area contributed by atoms with Crippen molar-refractivity contribution in [2.45, 2.75) is 39.3 Å². The average Bonchev–Trinajstić information content (AvgIpc) is 2.91. The molecule has 1 N–H and O–H groups in total. The highest BCUT2D eigenvalue weighted by molar-refractivity contribution is 6.31. The summed E-state index contributed by atoms with van der Waals surface area (Å²) >= 11 is 6.03. The van der Waals surface area contributed by atoms with E-state index in [1.165, 1.54) is 0 Å². The van der Waals surface area contributed by atoms with Crippen LogP contribution in [0, 0.1) is 12.8 Å². The highest BCUT2D eigenvalue weighted by Crippen LogP contribution is 2.36. The molecule has 2 bridgehead atoms. The van der Waals surface area contributed by atoms with Crippen LogP contribution in [0.25, 0.3) is 0 Å². The van der Waals surface area contributed by atoms with Crippen molar-refractivity contribution in [2.24, 2.45) is 11.0 Å². The monoisotopic (exact) mass is 548 g/mol. The number of hydrogen-bond acceptors (Lipinski definition) is 6. The number of ether oxygens (including phenoxy) is 2. The SMILES string of the molecule is CCOc1ccc(/C=N\NC(=O)COc2ccc(Cl)c(C)c2)cc1CN1C[C@H]2C[C@@H](C1)c1cccc(=O)n1C2. The van der Waals surface area contributed by atoms with Crippen LogP contribution in [0.2, 0.25) is 5.02 Å². The Morgan fingerprint density at radius 2 is 2.00 bits per heavy atom. The number of carbonyl (C=O) groups excluding carboxylic acids is 1. The van der Waals surface area contributed by atoms with Gasteiger partial charge in [0.05, 0.1) is 12.8 Å². The van der Waals surface area contributed by atoms with E-state index in [0.29, 0.717) is 29.2 Å². The highest BCUT2D eigenvalue weighted by Gasteiger charge is 2.34. The molecule has 0 spiro atoms. The molecule has 3 heterocycles. The van der Waals surface area contributed by atoms with Crippen molar-refractivity contribution in [3.05, 3.63) is 92.4 Å². The van der Waals surface area contributed by atoms with Crippen LogP contribution in [-0.2, 0) is 17.9 Å². The third kappa shape index (κ3) is 6.52. The first-order valence-electron chi connectivity index (χ1n) is 13.3. The van der Waals surface area contributed by atoms with Crippen molar-refractivity contribution in [2.75, 3.05) is 26.3 Å². The van der Waals surface area contributed by atoms with Gasteiger partial charge in [-0.2, -0.15) is 5.10 Å². The number of pyridine rings is 1. The number of fused-ring (bicyclic) bond motifs is 4. The smallest absolute Gasteiger partial charge is 0.277 e. The van der Waals surface area contributed by atoms with E-state index in [4.69, 9.17) is 21.1 Å². The van der Waals surface area contributed by atoms with Gasteiger partial charge >= 0.3 is 0 Å². The van der Waals surface area contributed by atoms with E-state index >= 15 is 0 Å². The van der Waals surface area contributed by atoms with E-state index in [2.05, 4.69) is 27.6 Å². The molecular weight excluding hydrogens is 516 g/mol. The third-order valence-corrected chi connectivity index (χ3v) is 7.66. The summed E-state index contributed by atoms with van der Waals surface area (Å²) < 4.78 is 13.4. The second kappa shape index (κ2) is 12.1. The normalized spacial score (nSPS) is 18.5. The Morgan fingerprint density at radius 3 is 2.82 bits per heavy atom. The summed E-state index contributed by atoms with van der Waals surface area (Å²) in [6, 6.07) is 16.8. The van der Waals surface area contributed by atoms with Crippen molar-refractivity contribution < 1.29 is 14.3 Å². The molecule has 0 radical (unpaired) electrons. The second-order valence-electron chi connectivity index (χ2n) is 10.2. The van der Waals surface area contributed by atoms with Crippen LogP contribution in [0.1, 0.15) is 41.6 Å². The number of piperidine rings is 1. The van der Waals surface area contributed by atoms with Crippen LogP contribution >= 0.6 is 11.6 Å². The molecule has 1 aromatic heterocycles. The number of rotatable bonds is 9. The lowest BCUT2D eigenvalue weighted by atomic mass is 9.83. The fourth-order valence-electron chi connectivity index (χ4n) is 5.53. The summed E-state index contributed by atoms with van der Waals surface area (Å²) in [7, 11) is 0. The van der Waals surface area contributed by atoms with Crippen LogP contribution in [0.3, 0.4) is 0 Å². The van der Waals surface area contributed by atoms with E-state index in [-0.39, 0.29) is 18.1 Å². The summed E-state index contributed by atoms with van der Waals surface area (Å²) in [6.07, 6.45) is 2.74. The Morgan fingerprint density at radius 1 is 1.13 bits per heavy atom. The van der Waals surface area contributed by atoms with Crippen molar-refractivity contribution in [3.8, 4) is 11.5 Å². The largest absolute Gasteiger partial charge is 0.494 e. The number of aryl methyl sites for hydroxylation is 1. The molecule has 0 saturated carbocycles. The van der Waals surface area contributed by atoms with Crippen molar-refractivity contribution in [1.82, 2.24) is 14.9 Å². The quantitative estimate of drug-likeness (QED) is 0.317. The Balaban J connectivity index is 1.22. The number of aromatic nitrogens is 1. The maximum Gasteiger partial charge on any atom is 0.277 e. The Labute approximate surface area is 233 Å². The fraction of sp³-hybridized carbons (Fsp3) is 0.367.